The molecule has 0 aliphatic rings. The quantitative estimate of drug-likeness (QED) is 0.786. The number of hydrogen-bond donors (Lipinski definition) is 0. The lowest BCUT2D eigenvalue weighted by atomic mass is 9.88. The minimum atomic E-state index is -0.0790. The molecule has 3 heteroatoms. The Bertz CT molecular complexity index is 411. The van der Waals surface area contributed by atoms with Gasteiger partial charge < -0.3 is 4.90 Å². The van der Waals surface area contributed by atoms with Crippen LogP contribution in [0.25, 0.3) is 0 Å². The Balaban J connectivity index is 2.98. The lowest BCUT2D eigenvalue weighted by molar-refractivity contribution is -0.123. The minimum Gasteiger partial charge on any atom is -0.303 e. The van der Waals surface area contributed by atoms with Gasteiger partial charge in [-0.2, -0.15) is 0 Å². The molecule has 0 unspecified atom stereocenters. The summed E-state index contributed by atoms with van der Waals surface area (Å²) in [7, 11) is 2.06. The number of carbonyl (C=O) groups excluding carboxylic acids is 1. The van der Waals surface area contributed by atoms with Crippen LogP contribution in [0.3, 0.4) is 0 Å². The first-order chi connectivity index (χ1) is 8.82. The second-order valence-electron chi connectivity index (χ2n) is 5.69. The number of likely N-dealkylation sites (N-methyl/N-ethyl adjacent to an activating group) is 1. The summed E-state index contributed by atoms with van der Waals surface area (Å²) in [6, 6.07) is 8.05. The van der Waals surface area contributed by atoms with Crippen molar-refractivity contribution in [3.05, 3.63) is 34.9 Å². The van der Waals surface area contributed by atoms with Crippen molar-refractivity contribution in [2.45, 2.75) is 39.7 Å². The number of carbonyl (C=O) groups is 1. The monoisotopic (exact) mass is 281 g/mol. The summed E-state index contributed by atoms with van der Waals surface area (Å²) in [6.45, 7) is 8.94. The van der Waals surface area contributed by atoms with Gasteiger partial charge in [-0.25, -0.2) is 0 Å². The standard InChI is InChI=1S/C16H24ClNO/c1-11(2)16(19)15(10-18(5)12(3)4)13-6-8-14(17)9-7-13/h6-9,11-12,15H,10H2,1-5H3/t15-/m1/s1. The molecule has 0 aromatic heterocycles. The topological polar surface area (TPSA) is 20.3 Å². The van der Waals surface area contributed by atoms with Gasteiger partial charge in [0.1, 0.15) is 5.78 Å². The predicted molar refractivity (Wildman–Crippen MR) is 81.8 cm³/mol. The van der Waals surface area contributed by atoms with Gasteiger partial charge in [0, 0.05) is 23.5 Å². The molecule has 1 aromatic carbocycles. The molecule has 19 heavy (non-hydrogen) atoms. The number of hydrogen-bond acceptors (Lipinski definition) is 2. The van der Waals surface area contributed by atoms with Gasteiger partial charge >= 0.3 is 0 Å². The van der Waals surface area contributed by atoms with E-state index in [0.717, 1.165) is 12.1 Å². The van der Waals surface area contributed by atoms with Crippen molar-refractivity contribution in [1.82, 2.24) is 4.90 Å². The van der Waals surface area contributed by atoms with Gasteiger partial charge in [0.05, 0.1) is 5.92 Å². The van der Waals surface area contributed by atoms with Crippen molar-refractivity contribution in [3.63, 3.8) is 0 Å². The average molecular weight is 282 g/mol. The van der Waals surface area contributed by atoms with Crippen molar-refractivity contribution in [2.75, 3.05) is 13.6 Å². The molecule has 106 valence electrons. The van der Waals surface area contributed by atoms with Crippen LogP contribution >= 0.6 is 11.6 Å². The largest absolute Gasteiger partial charge is 0.303 e. The fourth-order valence-electron chi connectivity index (χ4n) is 1.96. The molecule has 0 aliphatic heterocycles. The van der Waals surface area contributed by atoms with E-state index in [2.05, 4.69) is 25.8 Å². The van der Waals surface area contributed by atoms with E-state index in [4.69, 9.17) is 11.6 Å². The van der Waals surface area contributed by atoms with Crippen LogP contribution in [0.5, 0.6) is 0 Å². The first kappa shape index (κ1) is 16.2. The Labute approximate surface area is 121 Å². The maximum absolute atomic E-state index is 12.4. The molecule has 0 fully saturated rings. The summed E-state index contributed by atoms with van der Waals surface area (Å²) < 4.78 is 0. The van der Waals surface area contributed by atoms with Crippen molar-refractivity contribution in [1.29, 1.82) is 0 Å². The average Bonchev–Trinajstić information content (AvgIpc) is 2.35. The van der Waals surface area contributed by atoms with Crippen LogP contribution in [0.2, 0.25) is 5.02 Å². The van der Waals surface area contributed by atoms with Gasteiger partial charge in [0.2, 0.25) is 0 Å². The second-order valence-corrected chi connectivity index (χ2v) is 6.13. The van der Waals surface area contributed by atoms with E-state index >= 15 is 0 Å². The van der Waals surface area contributed by atoms with E-state index in [0.29, 0.717) is 11.1 Å². The zero-order valence-corrected chi connectivity index (χ0v) is 13.2. The number of halogens is 1. The summed E-state index contributed by atoms with van der Waals surface area (Å²) in [5, 5.41) is 0.705. The lowest BCUT2D eigenvalue weighted by Gasteiger charge is -2.27. The van der Waals surface area contributed by atoms with Crippen LogP contribution in [-0.2, 0) is 4.79 Å². The Morgan fingerprint density at radius 2 is 1.68 bits per heavy atom. The van der Waals surface area contributed by atoms with Crippen molar-refractivity contribution in [2.24, 2.45) is 5.92 Å². The van der Waals surface area contributed by atoms with Crippen molar-refractivity contribution in [3.8, 4) is 0 Å². The smallest absolute Gasteiger partial charge is 0.144 e. The number of rotatable bonds is 6. The lowest BCUT2D eigenvalue weighted by Crippen LogP contribution is -2.35. The zero-order chi connectivity index (χ0) is 14.6. The van der Waals surface area contributed by atoms with Crippen LogP contribution in [0, 0.1) is 5.92 Å². The minimum absolute atomic E-state index is 0.0428. The summed E-state index contributed by atoms with van der Waals surface area (Å²) in [5.41, 5.74) is 1.05. The fraction of sp³-hybridized carbons (Fsp3) is 0.562. The number of Topliss-reactive ketones (excluding diaryl/α,β-unsaturated/α-hetero) is 1. The highest BCUT2D eigenvalue weighted by molar-refractivity contribution is 6.30. The molecule has 2 nitrogen and oxygen atoms in total. The van der Waals surface area contributed by atoms with E-state index in [1.165, 1.54) is 0 Å². The molecule has 0 spiro atoms. The van der Waals surface area contributed by atoms with Crippen LogP contribution in [-0.4, -0.2) is 30.3 Å². The Morgan fingerprint density at radius 1 is 1.16 bits per heavy atom. The van der Waals surface area contributed by atoms with Gasteiger partial charge in [0.25, 0.3) is 0 Å². The molecule has 0 N–H and O–H groups in total. The first-order valence-corrected chi connectivity index (χ1v) is 7.20. The molecule has 1 rings (SSSR count). The van der Waals surface area contributed by atoms with Gasteiger partial charge in [-0.15, -0.1) is 0 Å². The molecule has 0 aliphatic carbocycles. The molecular formula is C16H24ClNO. The molecule has 0 amide bonds. The van der Waals surface area contributed by atoms with Crippen LogP contribution in [0.15, 0.2) is 24.3 Å². The highest BCUT2D eigenvalue weighted by Gasteiger charge is 2.25. The van der Waals surface area contributed by atoms with E-state index < -0.39 is 0 Å². The first-order valence-electron chi connectivity index (χ1n) is 6.82. The number of nitrogens with zero attached hydrogens (tertiary/aromatic N) is 1. The zero-order valence-electron chi connectivity index (χ0n) is 12.5. The molecule has 0 radical (unpaired) electrons. The van der Waals surface area contributed by atoms with Crippen molar-refractivity contribution < 1.29 is 4.79 Å². The summed E-state index contributed by atoms with van der Waals surface area (Å²) >= 11 is 5.92. The van der Waals surface area contributed by atoms with Crippen LogP contribution in [0.4, 0.5) is 0 Å². The highest BCUT2D eigenvalue weighted by Crippen LogP contribution is 2.24. The van der Waals surface area contributed by atoms with E-state index in [9.17, 15) is 4.79 Å². The third-order valence-corrected chi connectivity index (χ3v) is 3.79. The molecule has 1 atom stereocenters. The summed E-state index contributed by atoms with van der Waals surface area (Å²) in [6.07, 6.45) is 0. The number of ketones is 1. The summed E-state index contributed by atoms with van der Waals surface area (Å²) in [4.78, 5) is 14.6. The Hall–Kier alpha value is -0.860. The number of benzene rings is 1. The van der Waals surface area contributed by atoms with Crippen LogP contribution in [0.1, 0.15) is 39.2 Å². The maximum Gasteiger partial charge on any atom is 0.144 e. The third-order valence-electron chi connectivity index (χ3n) is 3.54. The van der Waals surface area contributed by atoms with Gasteiger partial charge in [0.15, 0.2) is 0 Å². The molecule has 0 saturated carbocycles. The van der Waals surface area contributed by atoms with Crippen LogP contribution < -0.4 is 0 Å². The predicted octanol–water partition coefficient (Wildman–Crippen LogP) is 3.99. The molecule has 1 aromatic rings. The Kier molecular flexibility index (Phi) is 6.02. The normalized spacial score (nSPS) is 13.3. The summed E-state index contributed by atoms with van der Waals surface area (Å²) in [5.74, 6) is 0.251. The van der Waals surface area contributed by atoms with E-state index in [-0.39, 0.29) is 17.6 Å². The van der Waals surface area contributed by atoms with E-state index in [1.54, 1.807) is 0 Å². The SMILES string of the molecule is CC(C)C(=O)[C@H](CN(C)C(C)C)c1ccc(Cl)cc1. The fourth-order valence-corrected chi connectivity index (χ4v) is 2.08. The van der Waals surface area contributed by atoms with Gasteiger partial charge in [-0.3, -0.25) is 4.79 Å². The molecule has 0 heterocycles. The maximum atomic E-state index is 12.4. The Morgan fingerprint density at radius 3 is 2.11 bits per heavy atom. The molecule has 0 bridgehead atoms. The molecule has 0 saturated heterocycles. The van der Waals surface area contributed by atoms with Gasteiger partial charge in [-0.05, 0) is 38.6 Å². The highest BCUT2D eigenvalue weighted by atomic mass is 35.5. The van der Waals surface area contributed by atoms with E-state index in [1.807, 2.05) is 38.1 Å². The van der Waals surface area contributed by atoms with Crippen molar-refractivity contribution >= 4 is 17.4 Å². The third kappa shape index (κ3) is 4.63. The molecular weight excluding hydrogens is 258 g/mol. The second kappa shape index (κ2) is 7.06. The van der Waals surface area contributed by atoms with Gasteiger partial charge in [-0.1, -0.05) is 37.6 Å².